The number of carbonyl (C=O) groups excluding carboxylic acids is 2. The van der Waals surface area contributed by atoms with Crippen molar-refractivity contribution in [3.8, 4) is 11.4 Å². The molecule has 0 unspecified atom stereocenters. The minimum Gasteiger partial charge on any atom is -0.466 e. The molecular formula is C16H17N3O4S. The first-order valence-electron chi connectivity index (χ1n) is 7.31. The van der Waals surface area contributed by atoms with Crippen molar-refractivity contribution in [2.75, 3.05) is 19.0 Å². The molecule has 0 N–H and O–H groups in total. The second kappa shape index (κ2) is 9.61. The smallest absolute Gasteiger partial charge is 0.316 e. The third-order valence-electron chi connectivity index (χ3n) is 2.74. The summed E-state index contributed by atoms with van der Waals surface area (Å²) in [7, 11) is 0. The predicted molar refractivity (Wildman–Crippen MR) is 88.2 cm³/mol. The molecule has 0 bridgehead atoms. The molecule has 0 atom stereocenters. The molecule has 7 nitrogen and oxygen atoms in total. The van der Waals surface area contributed by atoms with E-state index in [-0.39, 0.29) is 30.9 Å². The molecule has 0 aromatic carbocycles. The summed E-state index contributed by atoms with van der Waals surface area (Å²) < 4.78 is 9.79. The van der Waals surface area contributed by atoms with Gasteiger partial charge in [0, 0.05) is 25.7 Å². The van der Waals surface area contributed by atoms with Crippen LogP contribution < -0.4 is 0 Å². The van der Waals surface area contributed by atoms with E-state index in [2.05, 4.69) is 15.0 Å². The summed E-state index contributed by atoms with van der Waals surface area (Å²) in [5.74, 6) is -0.601. The molecule has 8 heteroatoms. The van der Waals surface area contributed by atoms with Gasteiger partial charge in [0.15, 0.2) is 5.16 Å². The summed E-state index contributed by atoms with van der Waals surface area (Å²) >= 11 is 1.20. The number of esters is 2. The molecular weight excluding hydrogens is 330 g/mol. The van der Waals surface area contributed by atoms with Crippen LogP contribution in [-0.4, -0.2) is 45.9 Å². The lowest BCUT2D eigenvalue weighted by Crippen LogP contribution is -2.11. The summed E-state index contributed by atoms with van der Waals surface area (Å²) in [6.45, 7) is 1.79. The Hall–Kier alpha value is -2.48. The monoisotopic (exact) mass is 347 g/mol. The zero-order chi connectivity index (χ0) is 17.2. The van der Waals surface area contributed by atoms with Crippen molar-refractivity contribution < 1.29 is 19.1 Å². The molecule has 0 saturated carbocycles. The Bertz CT molecular complexity index is 682. The maximum Gasteiger partial charge on any atom is 0.316 e. The van der Waals surface area contributed by atoms with E-state index in [4.69, 9.17) is 9.47 Å². The lowest BCUT2D eigenvalue weighted by molar-refractivity contribution is -0.143. The average Bonchev–Trinajstić information content (AvgIpc) is 2.60. The van der Waals surface area contributed by atoms with Crippen LogP contribution in [0.4, 0.5) is 0 Å². The Morgan fingerprint density at radius 3 is 2.62 bits per heavy atom. The van der Waals surface area contributed by atoms with Crippen molar-refractivity contribution in [2.24, 2.45) is 0 Å². The highest BCUT2D eigenvalue weighted by atomic mass is 32.2. The Morgan fingerprint density at radius 2 is 1.88 bits per heavy atom. The summed E-state index contributed by atoms with van der Waals surface area (Å²) in [5.41, 5.74) is 1.44. The van der Waals surface area contributed by atoms with Crippen LogP contribution in [0.1, 0.15) is 13.3 Å². The number of pyridine rings is 1. The quantitative estimate of drug-likeness (QED) is 0.310. The average molecular weight is 347 g/mol. The van der Waals surface area contributed by atoms with Gasteiger partial charge in [0.2, 0.25) is 0 Å². The molecule has 0 radical (unpaired) electrons. The zero-order valence-electron chi connectivity index (χ0n) is 13.2. The van der Waals surface area contributed by atoms with Crippen LogP contribution in [0.2, 0.25) is 0 Å². The van der Waals surface area contributed by atoms with Gasteiger partial charge in [-0.05, 0) is 18.2 Å². The van der Waals surface area contributed by atoms with Crippen molar-refractivity contribution in [2.45, 2.75) is 18.5 Å². The molecule has 2 rings (SSSR count). The van der Waals surface area contributed by atoms with E-state index in [0.29, 0.717) is 17.3 Å². The van der Waals surface area contributed by atoms with Crippen LogP contribution in [0.5, 0.6) is 0 Å². The van der Waals surface area contributed by atoms with E-state index < -0.39 is 0 Å². The van der Waals surface area contributed by atoms with Crippen molar-refractivity contribution >= 4 is 23.7 Å². The van der Waals surface area contributed by atoms with E-state index >= 15 is 0 Å². The molecule has 0 amide bonds. The fourth-order valence-electron chi connectivity index (χ4n) is 1.69. The second-order valence-corrected chi connectivity index (χ2v) is 5.58. The molecule has 0 aliphatic rings. The van der Waals surface area contributed by atoms with E-state index in [9.17, 15) is 9.59 Å². The molecule has 2 heterocycles. The zero-order valence-corrected chi connectivity index (χ0v) is 14.0. The maximum atomic E-state index is 11.6. The highest BCUT2D eigenvalue weighted by Gasteiger charge is 2.08. The number of aromatic nitrogens is 3. The van der Waals surface area contributed by atoms with Gasteiger partial charge in [-0.15, -0.1) is 0 Å². The van der Waals surface area contributed by atoms with Gasteiger partial charge < -0.3 is 9.47 Å². The van der Waals surface area contributed by atoms with Crippen molar-refractivity contribution in [3.63, 3.8) is 0 Å². The summed E-state index contributed by atoms with van der Waals surface area (Å²) in [6, 6.07) is 7.33. The van der Waals surface area contributed by atoms with Crippen LogP contribution in [0, 0.1) is 0 Å². The van der Waals surface area contributed by atoms with Gasteiger partial charge in [-0.25, -0.2) is 9.97 Å². The lowest BCUT2D eigenvalue weighted by atomic mass is 10.3. The molecule has 2 aromatic rings. The van der Waals surface area contributed by atoms with Crippen molar-refractivity contribution in [1.82, 2.24) is 15.0 Å². The first-order valence-corrected chi connectivity index (χ1v) is 8.30. The molecule has 0 aliphatic carbocycles. The summed E-state index contributed by atoms with van der Waals surface area (Å²) in [4.78, 5) is 34.9. The summed E-state index contributed by atoms with van der Waals surface area (Å²) in [5, 5.41) is 0.481. The number of ether oxygens (including phenoxy) is 2. The number of nitrogens with zero attached hydrogens (tertiary/aromatic N) is 3. The molecule has 0 fully saturated rings. The van der Waals surface area contributed by atoms with Crippen LogP contribution in [0.25, 0.3) is 11.4 Å². The number of carbonyl (C=O) groups is 2. The first-order chi connectivity index (χ1) is 11.6. The molecule has 0 saturated heterocycles. The highest BCUT2D eigenvalue weighted by Crippen LogP contribution is 2.18. The fourth-order valence-corrected chi connectivity index (χ4v) is 2.32. The minimum atomic E-state index is -0.366. The molecule has 24 heavy (non-hydrogen) atoms. The highest BCUT2D eigenvalue weighted by molar-refractivity contribution is 7.99. The summed E-state index contributed by atoms with van der Waals surface area (Å²) in [6.07, 6.45) is 3.79. The van der Waals surface area contributed by atoms with Gasteiger partial charge in [-0.1, -0.05) is 17.8 Å². The number of hydrogen-bond donors (Lipinski definition) is 0. The molecule has 126 valence electrons. The third-order valence-corrected chi connectivity index (χ3v) is 3.57. The third kappa shape index (κ3) is 6.33. The second-order valence-electron chi connectivity index (χ2n) is 4.64. The van der Waals surface area contributed by atoms with Crippen LogP contribution in [0.15, 0.2) is 41.8 Å². The number of thioether (sulfide) groups is 1. The van der Waals surface area contributed by atoms with Gasteiger partial charge in [0.25, 0.3) is 0 Å². The van der Waals surface area contributed by atoms with Gasteiger partial charge in [-0.2, -0.15) is 0 Å². The Labute approximate surface area is 143 Å². The van der Waals surface area contributed by atoms with E-state index in [1.54, 1.807) is 18.5 Å². The Morgan fingerprint density at radius 1 is 1.04 bits per heavy atom. The maximum absolute atomic E-state index is 11.6. The first kappa shape index (κ1) is 17.9. The van der Waals surface area contributed by atoms with Gasteiger partial charge in [-0.3, -0.25) is 14.6 Å². The van der Waals surface area contributed by atoms with Gasteiger partial charge in [0.1, 0.15) is 0 Å². The van der Waals surface area contributed by atoms with E-state index in [0.717, 1.165) is 5.69 Å². The van der Waals surface area contributed by atoms with Crippen molar-refractivity contribution in [3.05, 3.63) is 36.7 Å². The van der Waals surface area contributed by atoms with E-state index in [1.165, 1.54) is 18.7 Å². The van der Waals surface area contributed by atoms with Crippen LogP contribution >= 0.6 is 11.8 Å². The molecule has 2 aromatic heterocycles. The SMILES string of the molecule is CC(=O)OCCCOC(=O)CSc1nccc(-c2ccccn2)n1. The fraction of sp³-hybridized carbons (Fsp3) is 0.312. The predicted octanol–water partition coefficient (Wildman–Crippen LogP) is 2.13. The van der Waals surface area contributed by atoms with Crippen molar-refractivity contribution in [1.29, 1.82) is 0 Å². The Balaban J connectivity index is 1.76. The topological polar surface area (TPSA) is 91.3 Å². The van der Waals surface area contributed by atoms with E-state index in [1.807, 2.05) is 18.2 Å². The number of rotatable bonds is 8. The number of hydrogen-bond acceptors (Lipinski definition) is 8. The van der Waals surface area contributed by atoms with Gasteiger partial charge in [0.05, 0.1) is 30.4 Å². The van der Waals surface area contributed by atoms with Crippen LogP contribution in [0.3, 0.4) is 0 Å². The molecule has 0 spiro atoms. The minimum absolute atomic E-state index is 0.110. The van der Waals surface area contributed by atoms with Crippen LogP contribution in [-0.2, 0) is 19.1 Å². The lowest BCUT2D eigenvalue weighted by Gasteiger charge is -2.05. The Kier molecular flexibility index (Phi) is 7.16. The standard InChI is InChI=1S/C16H17N3O4S/c1-12(20)22-9-4-10-23-15(21)11-24-16-18-8-6-14(19-16)13-5-2-3-7-17-13/h2-3,5-8H,4,9-11H2,1H3. The molecule has 0 aliphatic heterocycles. The normalized spacial score (nSPS) is 10.2. The van der Waals surface area contributed by atoms with Gasteiger partial charge >= 0.3 is 11.9 Å². The largest absolute Gasteiger partial charge is 0.466 e.